The fourth-order valence-corrected chi connectivity index (χ4v) is 4.27. The van der Waals surface area contributed by atoms with Crippen LogP contribution in [-0.2, 0) is 15.1 Å². The Balaban J connectivity index is 2.47. The SMILES string of the molecule is CO[C@@]12C=C[C@@H](c3c(Cl)c(Cl)c(Cl)c(Cl)c31)[C@@H](C)C2=O. The Morgan fingerprint density at radius 2 is 1.70 bits per heavy atom. The molecule has 6 heteroatoms. The van der Waals surface area contributed by atoms with Crippen LogP contribution in [0.3, 0.4) is 0 Å². The van der Waals surface area contributed by atoms with Gasteiger partial charge in [0.2, 0.25) is 0 Å². The van der Waals surface area contributed by atoms with Crippen LogP contribution >= 0.6 is 46.4 Å². The Morgan fingerprint density at radius 1 is 1.10 bits per heavy atom. The molecule has 0 unspecified atom stereocenters. The standard InChI is InChI=1S/C14H10Cl4O2/c1-5-6-3-4-14(20-2,13(5)19)8-7(6)9(15)11(17)12(18)10(8)16/h3-6H,1-2H3/t5-,6-,14+/m1/s1. The van der Waals surface area contributed by atoms with E-state index in [0.29, 0.717) is 10.6 Å². The van der Waals surface area contributed by atoms with E-state index in [1.165, 1.54) is 7.11 Å². The number of allylic oxidation sites excluding steroid dienone is 1. The number of hydrogen-bond donors (Lipinski definition) is 0. The average molecular weight is 352 g/mol. The van der Waals surface area contributed by atoms with E-state index in [1.807, 2.05) is 13.0 Å². The predicted octanol–water partition coefficient (Wildman–Crippen LogP) is 5.01. The van der Waals surface area contributed by atoms with Gasteiger partial charge in [-0.1, -0.05) is 59.4 Å². The van der Waals surface area contributed by atoms with Crippen molar-refractivity contribution in [2.24, 2.45) is 5.92 Å². The molecular formula is C14H10Cl4O2. The number of carbonyl (C=O) groups is 1. The van der Waals surface area contributed by atoms with Crippen LogP contribution in [0, 0.1) is 5.92 Å². The van der Waals surface area contributed by atoms with E-state index in [4.69, 9.17) is 51.1 Å². The third-order valence-corrected chi connectivity index (χ3v) is 6.00. The molecule has 3 aliphatic rings. The lowest BCUT2D eigenvalue weighted by molar-refractivity contribution is -0.143. The number of fused-ring (bicyclic) bond motifs is 1. The molecule has 0 spiro atoms. The van der Waals surface area contributed by atoms with Crippen molar-refractivity contribution in [1.82, 2.24) is 0 Å². The van der Waals surface area contributed by atoms with Crippen molar-refractivity contribution in [2.45, 2.75) is 18.4 Å². The molecular weight excluding hydrogens is 342 g/mol. The van der Waals surface area contributed by atoms with Crippen molar-refractivity contribution in [3.8, 4) is 0 Å². The van der Waals surface area contributed by atoms with Gasteiger partial charge in [0.1, 0.15) is 0 Å². The average Bonchev–Trinajstić information content (AvgIpc) is 2.46. The van der Waals surface area contributed by atoms with E-state index >= 15 is 0 Å². The van der Waals surface area contributed by atoms with Gasteiger partial charge in [0.25, 0.3) is 0 Å². The van der Waals surface area contributed by atoms with Crippen molar-refractivity contribution in [3.05, 3.63) is 43.4 Å². The lowest BCUT2D eigenvalue weighted by Gasteiger charge is -2.45. The predicted molar refractivity (Wildman–Crippen MR) is 81.2 cm³/mol. The monoisotopic (exact) mass is 350 g/mol. The summed E-state index contributed by atoms with van der Waals surface area (Å²) in [5, 5.41) is 0.928. The molecule has 0 aliphatic heterocycles. The van der Waals surface area contributed by atoms with Crippen molar-refractivity contribution >= 4 is 52.2 Å². The molecule has 0 saturated heterocycles. The molecule has 0 saturated carbocycles. The van der Waals surface area contributed by atoms with Gasteiger partial charge in [0.15, 0.2) is 11.4 Å². The lowest BCUT2D eigenvalue weighted by Crippen LogP contribution is -2.49. The number of Topliss-reactive ketones (excluding diaryl/α,β-unsaturated/α-hetero) is 1. The topological polar surface area (TPSA) is 26.3 Å². The fraction of sp³-hybridized carbons (Fsp3) is 0.357. The van der Waals surface area contributed by atoms with E-state index in [2.05, 4.69) is 0 Å². The number of benzene rings is 1. The van der Waals surface area contributed by atoms with E-state index in [9.17, 15) is 4.79 Å². The highest BCUT2D eigenvalue weighted by atomic mass is 35.5. The highest BCUT2D eigenvalue weighted by molar-refractivity contribution is 6.52. The molecule has 0 amide bonds. The van der Waals surface area contributed by atoms with E-state index in [-0.39, 0.29) is 32.7 Å². The maximum absolute atomic E-state index is 12.6. The van der Waals surface area contributed by atoms with Crippen molar-refractivity contribution in [2.75, 3.05) is 7.11 Å². The molecule has 0 heterocycles. The molecule has 2 nitrogen and oxygen atoms in total. The van der Waals surface area contributed by atoms with Gasteiger partial charge in [0.05, 0.1) is 20.1 Å². The first-order valence-corrected chi connectivity index (χ1v) is 7.53. The van der Waals surface area contributed by atoms with Crippen LogP contribution in [0.25, 0.3) is 0 Å². The van der Waals surface area contributed by atoms with Crippen LogP contribution in [-0.4, -0.2) is 12.9 Å². The molecule has 1 aromatic carbocycles. The first kappa shape index (κ1) is 14.7. The third-order valence-electron chi connectivity index (χ3n) is 4.19. The van der Waals surface area contributed by atoms with Gasteiger partial charge in [0, 0.05) is 24.5 Å². The molecule has 0 aromatic heterocycles. The number of hydrogen-bond acceptors (Lipinski definition) is 2. The van der Waals surface area contributed by atoms with Gasteiger partial charge in [-0.05, 0) is 11.6 Å². The molecule has 20 heavy (non-hydrogen) atoms. The first-order valence-electron chi connectivity index (χ1n) is 6.02. The summed E-state index contributed by atoms with van der Waals surface area (Å²) in [6.45, 7) is 1.85. The second-order valence-corrected chi connectivity index (χ2v) is 6.53. The van der Waals surface area contributed by atoms with Gasteiger partial charge >= 0.3 is 0 Å². The highest BCUT2D eigenvalue weighted by Crippen LogP contribution is 2.57. The molecule has 1 aromatic rings. The first-order chi connectivity index (χ1) is 9.36. The number of rotatable bonds is 1. The van der Waals surface area contributed by atoms with Crippen LogP contribution in [0.15, 0.2) is 12.2 Å². The van der Waals surface area contributed by atoms with Crippen LogP contribution in [0.5, 0.6) is 0 Å². The number of ether oxygens (including phenoxy) is 1. The van der Waals surface area contributed by atoms with Gasteiger partial charge in [-0.15, -0.1) is 0 Å². The summed E-state index contributed by atoms with van der Waals surface area (Å²) in [7, 11) is 1.47. The number of halogens is 4. The van der Waals surface area contributed by atoms with Crippen LogP contribution in [0.2, 0.25) is 20.1 Å². The Kier molecular flexibility index (Phi) is 3.39. The number of methoxy groups -OCH3 is 1. The van der Waals surface area contributed by atoms with Gasteiger partial charge in [-0.25, -0.2) is 0 Å². The largest absolute Gasteiger partial charge is 0.362 e. The minimum atomic E-state index is -1.22. The zero-order valence-electron chi connectivity index (χ0n) is 10.6. The van der Waals surface area contributed by atoms with Crippen LogP contribution in [0.1, 0.15) is 24.0 Å². The van der Waals surface area contributed by atoms with Crippen LogP contribution < -0.4 is 0 Å². The van der Waals surface area contributed by atoms with Gasteiger partial charge < -0.3 is 4.74 Å². The van der Waals surface area contributed by atoms with E-state index < -0.39 is 5.60 Å². The third kappa shape index (κ3) is 1.55. The Hall–Kier alpha value is -0.250. The molecule has 3 aliphatic carbocycles. The second kappa shape index (κ2) is 4.62. The molecule has 4 rings (SSSR count). The maximum Gasteiger partial charge on any atom is 0.176 e. The normalized spacial score (nSPS) is 30.8. The summed E-state index contributed by atoms with van der Waals surface area (Å²) in [5.41, 5.74) is 0.0394. The molecule has 0 N–H and O–H groups in total. The van der Waals surface area contributed by atoms with E-state index in [1.54, 1.807) is 6.08 Å². The summed E-state index contributed by atoms with van der Waals surface area (Å²) in [4.78, 5) is 12.6. The van der Waals surface area contributed by atoms with Crippen molar-refractivity contribution < 1.29 is 9.53 Å². The van der Waals surface area contributed by atoms with Crippen molar-refractivity contribution in [1.29, 1.82) is 0 Å². The summed E-state index contributed by atoms with van der Waals surface area (Å²) in [5.74, 6) is -0.455. The zero-order chi connectivity index (χ0) is 14.8. The summed E-state index contributed by atoms with van der Waals surface area (Å²) in [6.07, 6.45) is 3.65. The van der Waals surface area contributed by atoms with Gasteiger partial charge in [-0.2, -0.15) is 0 Å². The fourth-order valence-electron chi connectivity index (χ4n) is 3.14. The minimum absolute atomic E-state index is 0.0450. The van der Waals surface area contributed by atoms with Crippen LogP contribution in [0.4, 0.5) is 0 Å². The van der Waals surface area contributed by atoms with E-state index in [0.717, 1.165) is 5.56 Å². The zero-order valence-corrected chi connectivity index (χ0v) is 13.7. The maximum atomic E-state index is 12.6. The lowest BCUT2D eigenvalue weighted by atomic mass is 9.63. The Labute approximate surface area is 136 Å². The van der Waals surface area contributed by atoms with Gasteiger partial charge in [-0.3, -0.25) is 4.79 Å². The summed E-state index contributed by atoms with van der Waals surface area (Å²) in [6, 6.07) is 0. The molecule has 3 atom stereocenters. The smallest absolute Gasteiger partial charge is 0.176 e. The quantitative estimate of drug-likeness (QED) is 0.403. The summed E-state index contributed by atoms with van der Waals surface area (Å²) < 4.78 is 5.52. The van der Waals surface area contributed by atoms with Crippen molar-refractivity contribution in [3.63, 3.8) is 0 Å². The molecule has 106 valence electrons. The number of ketones is 1. The Bertz CT molecular complexity index is 668. The number of carbonyl (C=O) groups excluding carboxylic acids is 1. The molecule has 0 fully saturated rings. The summed E-state index contributed by atoms with van der Waals surface area (Å²) >= 11 is 24.9. The molecule has 2 bridgehead atoms. The molecule has 0 radical (unpaired) electrons. The second-order valence-electron chi connectivity index (χ2n) is 5.02. The minimum Gasteiger partial charge on any atom is -0.362 e. The highest BCUT2D eigenvalue weighted by Gasteiger charge is 2.54. The Morgan fingerprint density at radius 3 is 2.30 bits per heavy atom.